The summed E-state index contributed by atoms with van der Waals surface area (Å²) in [5, 5.41) is 0. The minimum Gasteiger partial charge on any atom is -0.324 e. The fraction of sp³-hybridized carbons (Fsp3) is 0.200. The molecule has 0 aliphatic rings. The second-order valence-electron chi connectivity index (χ2n) is 4.55. The molecule has 1 unspecified atom stereocenters. The van der Waals surface area contributed by atoms with Crippen LogP contribution in [0.4, 0.5) is 8.78 Å². The third-order valence-electron chi connectivity index (χ3n) is 3.12. The van der Waals surface area contributed by atoms with Crippen LogP contribution in [0, 0.1) is 18.6 Å². The highest BCUT2D eigenvalue weighted by atomic mass is 79.9. The molecule has 0 amide bonds. The lowest BCUT2D eigenvalue weighted by atomic mass is 9.97. The first kappa shape index (κ1) is 14.2. The zero-order chi connectivity index (χ0) is 14.0. The molecule has 0 aromatic heterocycles. The Kier molecular flexibility index (Phi) is 4.32. The highest BCUT2D eigenvalue weighted by Crippen LogP contribution is 2.23. The molecule has 2 N–H and O–H groups in total. The highest BCUT2D eigenvalue weighted by Gasteiger charge is 2.11. The van der Waals surface area contributed by atoms with Crippen molar-refractivity contribution < 1.29 is 8.78 Å². The first-order valence-electron chi connectivity index (χ1n) is 5.93. The number of aryl methyl sites for hydroxylation is 1. The van der Waals surface area contributed by atoms with Crippen molar-refractivity contribution in [1.82, 2.24) is 0 Å². The van der Waals surface area contributed by atoms with Crippen LogP contribution in [0.2, 0.25) is 0 Å². The second-order valence-corrected chi connectivity index (χ2v) is 5.41. The van der Waals surface area contributed by atoms with E-state index in [1.54, 1.807) is 18.2 Å². The zero-order valence-corrected chi connectivity index (χ0v) is 12.0. The van der Waals surface area contributed by atoms with Crippen molar-refractivity contribution in [1.29, 1.82) is 0 Å². The molecular formula is C15H14BrF2N. The standard InChI is InChI=1S/C15H14BrF2N/c1-9-6-12(17)4-2-10(9)8-15(19)11-3-5-14(18)13(16)7-11/h2-7,15H,8,19H2,1H3. The Morgan fingerprint density at radius 2 is 1.89 bits per heavy atom. The van der Waals surface area contributed by atoms with E-state index >= 15 is 0 Å². The molecule has 0 heterocycles. The van der Waals surface area contributed by atoms with Gasteiger partial charge in [0.25, 0.3) is 0 Å². The third kappa shape index (κ3) is 3.39. The molecule has 1 atom stereocenters. The Labute approximate surface area is 119 Å². The smallest absolute Gasteiger partial charge is 0.137 e. The van der Waals surface area contributed by atoms with Crippen molar-refractivity contribution in [2.45, 2.75) is 19.4 Å². The molecule has 2 aromatic rings. The average Bonchev–Trinajstić information content (AvgIpc) is 2.36. The first-order chi connectivity index (χ1) is 8.97. The van der Waals surface area contributed by atoms with Gasteiger partial charge >= 0.3 is 0 Å². The number of rotatable bonds is 3. The van der Waals surface area contributed by atoms with E-state index in [2.05, 4.69) is 15.9 Å². The van der Waals surface area contributed by atoms with Gasteiger partial charge in [0.15, 0.2) is 0 Å². The van der Waals surface area contributed by atoms with Crippen LogP contribution < -0.4 is 5.73 Å². The van der Waals surface area contributed by atoms with Gasteiger partial charge in [-0.3, -0.25) is 0 Å². The predicted octanol–water partition coefficient (Wildman–Crippen LogP) is 4.28. The van der Waals surface area contributed by atoms with Gasteiger partial charge in [0.2, 0.25) is 0 Å². The molecule has 0 saturated heterocycles. The molecule has 0 fully saturated rings. The third-order valence-corrected chi connectivity index (χ3v) is 3.72. The minimum absolute atomic E-state index is 0.249. The lowest BCUT2D eigenvalue weighted by molar-refractivity contribution is 0.616. The van der Waals surface area contributed by atoms with Crippen LogP contribution in [-0.4, -0.2) is 0 Å². The molecule has 0 aliphatic carbocycles. The maximum atomic E-state index is 13.2. The van der Waals surface area contributed by atoms with Gasteiger partial charge in [0.05, 0.1) is 4.47 Å². The quantitative estimate of drug-likeness (QED) is 0.895. The molecule has 0 spiro atoms. The van der Waals surface area contributed by atoms with Crippen molar-refractivity contribution in [2.24, 2.45) is 5.73 Å². The molecular weight excluding hydrogens is 312 g/mol. The highest BCUT2D eigenvalue weighted by molar-refractivity contribution is 9.10. The summed E-state index contributed by atoms with van der Waals surface area (Å²) < 4.78 is 26.6. The first-order valence-corrected chi connectivity index (χ1v) is 6.72. The van der Waals surface area contributed by atoms with Gasteiger partial charge in [-0.25, -0.2) is 8.78 Å². The molecule has 4 heteroatoms. The van der Waals surface area contributed by atoms with Crippen LogP contribution in [-0.2, 0) is 6.42 Å². The largest absolute Gasteiger partial charge is 0.324 e. The van der Waals surface area contributed by atoms with E-state index in [4.69, 9.17) is 5.73 Å². The molecule has 100 valence electrons. The van der Waals surface area contributed by atoms with Gasteiger partial charge in [0, 0.05) is 6.04 Å². The Hall–Kier alpha value is -1.26. The Morgan fingerprint density at radius 3 is 2.53 bits per heavy atom. The summed E-state index contributed by atoms with van der Waals surface area (Å²) in [6.07, 6.45) is 0.587. The maximum absolute atomic E-state index is 13.2. The SMILES string of the molecule is Cc1cc(F)ccc1CC(N)c1ccc(F)c(Br)c1. The second kappa shape index (κ2) is 5.80. The van der Waals surface area contributed by atoms with Crippen LogP contribution in [0.15, 0.2) is 40.9 Å². The number of benzene rings is 2. The topological polar surface area (TPSA) is 26.0 Å². The van der Waals surface area contributed by atoms with Gasteiger partial charge in [-0.2, -0.15) is 0 Å². The lowest BCUT2D eigenvalue weighted by Gasteiger charge is -2.14. The van der Waals surface area contributed by atoms with E-state index in [1.807, 2.05) is 6.92 Å². The summed E-state index contributed by atoms with van der Waals surface area (Å²) in [6, 6.07) is 9.14. The van der Waals surface area contributed by atoms with Crippen LogP contribution in [0.5, 0.6) is 0 Å². The van der Waals surface area contributed by atoms with E-state index in [0.717, 1.165) is 16.7 Å². The molecule has 1 nitrogen and oxygen atoms in total. The molecule has 19 heavy (non-hydrogen) atoms. The van der Waals surface area contributed by atoms with Crippen LogP contribution in [0.25, 0.3) is 0 Å². The molecule has 2 rings (SSSR count). The van der Waals surface area contributed by atoms with Gasteiger partial charge in [-0.1, -0.05) is 12.1 Å². The zero-order valence-electron chi connectivity index (χ0n) is 10.5. The van der Waals surface area contributed by atoms with E-state index in [9.17, 15) is 8.78 Å². The minimum atomic E-state index is -0.311. The number of hydrogen-bond donors (Lipinski definition) is 1. The lowest BCUT2D eigenvalue weighted by Crippen LogP contribution is -2.14. The van der Waals surface area contributed by atoms with Crippen LogP contribution in [0.1, 0.15) is 22.7 Å². The maximum Gasteiger partial charge on any atom is 0.137 e. The van der Waals surface area contributed by atoms with Crippen LogP contribution >= 0.6 is 15.9 Å². The van der Waals surface area contributed by atoms with Gasteiger partial charge in [0.1, 0.15) is 11.6 Å². The summed E-state index contributed by atoms with van der Waals surface area (Å²) in [4.78, 5) is 0. The summed E-state index contributed by atoms with van der Waals surface area (Å²) in [7, 11) is 0. The number of nitrogens with two attached hydrogens (primary N) is 1. The number of hydrogen-bond acceptors (Lipinski definition) is 1. The molecule has 0 bridgehead atoms. The fourth-order valence-electron chi connectivity index (χ4n) is 1.99. The number of halogens is 3. The molecule has 2 aromatic carbocycles. The van der Waals surface area contributed by atoms with Gasteiger partial charge in [-0.05, 0) is 70.2 Å². The van der Waals surface area contributed by atoms with Crippen molar-refractivity contribution >= 4 is 15.9 Å². The summed E-state index contributed by atoms with van der Waals surface area (Å²) in [5.74, 6) is -0.562. The van der Waals surface area contributed by atoms with E-state index in [-0.39, 0.29) is 17.7 Å². The van der Waals surface area contributed by atoms with E-state index in [1.165, 1.54) is 18.2 Å². The Balaban J connectivity index is 2.20. The average molecular weight is 326 g/mol. The Bertz CT molecular complexity index is 599. The predicted molar refractivity (Wildman–Crippen MR) is 75.9 cm³/mol. The Morgan fingerprint density at radius 1 is 1.16 bits per heavy atom. The fourth-order valence-corrected chi connectivity index (χ4v) is 2.38. The van der Waals surface area contributed by atoms with Crippen molar-refractivity contribution in [3.05, 3.63) is 69.2 Å². The summed E-state index contributed by atoms with van der Waals surface area (Å²) in [6.45, 7) is 1.85. The molecule has 0 radical (unpaired) electrons. The summed E-state index contributed by atoms with van der Waals surface area (Å²) >= 11 is 3.14. The van der Waals surface area contributed by atoms with Gasteiger partial charge in [-0.15, -0.1) is 0 Å². The molecule has 0 aliphatic heterocycles. The molecule has 0 saturated carbocycles. The van der Waals surface area contributed by atoms with Crippen molar-refractivity contribution in [3.8, 4) is 0 Å². The van der Waals surface area contributed by atoms with Crippen molar-refractivity contribution in [3.63, 3.8) is 0 Å². The summed E-state index contributed by atoms with van der Waals surface area (Å²) in [5.41, 5.74) is 8.83. The van der Waals surface area contributed by atoms with E-state index in [0.29, 0.717) is 10.9 Å². The normalized spacial score (nSPS) is 12.5. The van der Waals surface area contributed by atoms with Gasteiger partial charge < -0.3 is 5.73 Å². The monoisotopic (exact) mass is 325 g/mol. The van der Waals surface area contributed by atoms with Crippen LogP contribution in [0.3, 0.4) is 0 Å². The van der Waals surface area contributed by atoms with E-state index < -0.39 is 0 Å². The van der Waals surface area contributed by atoms with Crippen molar-refractivity contribution in [2.75, 3.05) is 0 Å².